The first-order valence-electron chi connectivity index (χ1n) is 5.78. The molecule has 0 radical (unpaired) electrons. The first kappa shape index (κ1) is 13.3. The van der Waals surface area contributed by atoms with Gasteiger partial charge in [-0.1, -0.05) is 0 Å². The average Bonchev–Trinajstić information content (AvgIpc) is 2.28. The molecule has 1 rings (SSSR count). The van der Waals surface area contributed by atoms with Gasteiger partial charge in [0.05, 0.1) is 12.2 Å². The molecule has 0 heterocycles. The maximum absolute atomic E-state index is 10.7. The first-order chi connectivity index (χ1) is 7.61. The van der Waals surface area contributed by atoms with Gasteiger partial charge in [-0.25, -0.2) is 4.79 Å². The number of hydrogen-bond acceptors (Lipinski definition) is 4. The Morgan fingerprint density at radius 2 is 1.94 bits per heavy atom. The molecule has 0 aromatic heterocycles. The van der Waals surface area contributed by atoms with Crippen molar-refractivity contribution in [2.45, 2.75) is 56.8 Å². The van der Waals surface area contributed by atoms with Crippen molar-refractivity contribution in [3.05, 3.63) is 0 Å². The zero-order valence-electron chi connectivity index (χ0n) is 9.72. The molecule has 5 heteroatoms. The van der Waals surface area contributed by atoms with Crippen LogP contribution in [0.3, 0.4) is 0 Å². The Hall–Kier alpha value is -0.810. The SMILES string of the molecule is COC1CCCC(O)CC(OC(N)=O)CC1. The highest BCUT2D eigenvalue weighted by atomic mass is 16.6. The standard InChI is InChI=1S/C11H21NO4/c1-15-9-4-2-3-8(13)7-10(6-5-9)16-11(12)14/h8-10,13H,2-7H2,1H3,(H2,12,14). The van der Waals surface area contributed by atoms with Crippen LogP contribution >= 0.6 is 0 Å². The van der Waals surface area contributed by atoms with Gasteiger partial charge in [-0.05, 0) is 32.1 Å². The number of amides is 1. The van der Waals surface area contributed by atoms with Crippen LogP contribution in [0.5, 0.6) is 0 Å². The van der Waals surface area contributed by atoms with E-state index in [0.29, 0.717) is 12.8 Å². The fraction of sp³-hybridized carbons (Fsp3) is 0.909. The molecule has 0 aromatic carbocycles. The fourth-order valence-corrected chi connectivity index (χ4v) is 2.14. The lowest BCUT2D eigenvalue weighted by molar-refractivity contribution is 0.0434. The number of methoxy groups -OCH3 is 1. The Balaban J connectivity index is 2.50. The van der Waals surface area contributed by atoms with E-state index in [-0.39, 0.29) is 12.2 Å². The second-order valence-corrected chi connectivity index (χ2v) is 4.31. The number of hydrogen-bond donors (Lipinski definition) is 2. The molecule has 0 aromatic rings. The summed E-state index contributed by atoms with van der Waals surface area (Å²) in [4.78, 5) is 10.7. The van der Waals surface area contributed by atoms with Gasteiger partial charge in [0.25, 0.3) is 0 Å². The molecule has 1 amide bonds. The molecule has 1 saturated carbocycles. The van der Waals surface area contributed by atoms with E-state index in [9.17, 15) is 9.90 Å². The predicted molar refractivity (Wildman–Crippen MR) is 59.0 cm³/mol. The molecular weight excluding hydrogens is 210 g/mol. The lowest BCUT2D eigenvalue weighted by Crippen LogP contribution is -2.27. The van der Waals surface area contributed by atoms with Crippen molar-refractivity contribution >= 4 is 6.09 Å². The Labute approximate surface area is 95.9 Å². The van der Waals surface area contributed by atoms with Crippen molar-refractivity contribution in [1.29, 1.82) is 0 Å². The van der Waals surface area contributed by atoms with Crippen molar-refractivity contribution in [2.24, 2.45) is 5.73 Å². The third kappa shape index (κ3) is 4.81. The van der Waals surface area contributed by atoms with Gasteiger partial charge in [0, 0.05) is 13.5 Å². The summed E-state index contributed by atoms with van der Waals surface area (Å²) < 4.78 is 10.3. The van der Waals surface area contributed by atoms with Gasteiger partial charge < -0.3 is 20.3 Å². The minimum absolute atomic E-state index is 0.185. The van der Waals surface area contributed by atoms with Crippen molar-refractivity contribution in [3.8, 4) is 0 Å². The smallest absolute Gasteiger partial charge is 0.404 e. The highest BCUT2D eigenvalue weighted by Crippen LogP contribution is 2.21. The number of ether oxygens (including phenoxy) is 2. The monoisotopic (exact) mass is 231 g/mol. The van der Waals surface area contributed by atoms with Crippen LogP contribution in [0.2, 0.25) is 0 Å². The van der Waals surface area contributed by atoms with Gasteiger partial charge in [0.2, 0.25) is 0 Å². The Morgan fingerprint density at radius 1 is 1.25 bits per heavy atom. The normalized spacial score (nSPS) is 32.2. The van der Waals surface area contributed by atoms with Crippen LogP contribution in [0.25, 0.3) is 0 Å². The third-order valence-corrected chi connectivity index (χ3v) is 3.03. The highest BCUT2D eigenvalue weighted by molar-refractivity contribution is 5.64. The minimum Gasteiger partial charge on any atom is -0.446 e. The molecule has 3 unspecified atom stereocenters. The molecule has 1 fully saturated rings. The highest BCUT2D eigenvalue weighted by Gasteiger charge is 2.22. The second kappa shape index (κ2) is 6.70. The van der Waals surface area contributed by atoms with E-state index in [2.05, 4.69) is 0 Å². The summed E-state index contributed by atoms with van der Waals surface area (Å²) >= 11 is 0. The maximum Gasteiger partial charge on any atom is 0.404 e. The van der Waals surface area contributed by atoms with Crippen LogP contribution < -0.4 is 5.73 Å². The number of nitrogens with two attached hydrogens (primary N) is 1. The van der Waals surface area contributed by atoms with Gasteiger partial charge in [-0.15, -0.1) is 0 Å². The number of carbonyl (C=O) groups excluding carboxylic acids is 1. The van der Waals surface area contributed by atoms with Crippen LogP contribution in [-0.2, 0) is 9.47 Å². The van der Waals surface area contributed by atoms with Gasteiger partial charge in [0.15, 0.2) is 0 Å². The molecule has 3 atom stereocenters. The number of rotatable bonds is 2. The Morgan fingerprint density at radius 3 is 2.56 bits per heavy atom. The molecular formula is C11H21NO4. The van der Waals surface area contributed by atoms with Crippen LogP contribution in [0.1, 0.15) is 38.5 Å². The van der Waals surface area contributed by atoms with Crippen molar-refractivity contribution in [3.63, 3.8) is 0 Å². The predicted octanol–water partition coefficient (Wildman–Crippen LogP) is 1.18. The number of aliphatic hydroxyl groups is 1. The zero-order chi connectivity index (χ0) is 12.0. The lowest BCUT2D eigenvalue weighted by Gasteiger charge is -2.19. The first-order valence-corrected chi connectivity index (χ1v) is 5.78. The number of aliphatic hydroxyl groups excluding tert-OH is 1. The average molecular weight is 231 g/mol. The lowest BCUT2D eigenvalue weighted by atomic mass is 10.1. The van der Waals surface area contributed by atoms with Crippen LogP contribution in [-0.4, -0.2) is 36.6 Å². The van der Waals surface area contributed by atoms with Crippen LogP contribution in [0, 0.1) is 0 Å². The molecule has 0 aliphatic heterocycles. The summed E-state index contributed by atoms with van der Waals surface area (Å²) in [5, 5.41) is 9.71. The molecule has 5 nitrogen and oxygen atoms in total. The quantitative estimate of drug-likeness (QED) is 0.747. The van der Waals surface area contributed by atoms with E-state index in [1.807, 2.05) is 0 Å². The summed E-state index contributed by atoms with van der Waals surface area (Å²) in [5.74, 6) is 0. The van der Waals surface area contributed by atoms with E-state index in [1.165, 1.54) is 0 Å². The summed E-state index contributed by atoms with van der Waals surface area (Å²) in [5.41, 5.74) is 4.99. The van der Waals surface area contributed by atoms with E-state index < -0.39 is 12.2 Å². The van der Waals surface area contributed by atoms with Gasteiger partial charge in [-0.3, -0.25) is 0 Å². The van der Waals surface area contributed by atoms with Crippen LogP contribution in [0.4, 0.5) is 4.79 Å². The molecule has 94 valence electrons. The zero-order valence-corrected chi connectivity index (χ0v) is 9.72. The van der Waals surface area contributed by atoms with Crippen molar-refractivity contribution in [2.75, 3.05) is 7.11 Å². The molecule has 16 heavy (non-hydrogen) atoms. The van der Waals surface area contributed by atoms with Crippen molar-refractivity contribution < 1.29 is 19.4 Å². The minimum atomic E-state index is -0.773. The largest absolute Gasteiger partial charge is 0.446 e. The summed E-state index contributed by atoms with van der Waals surface area (Å²) in [6, 6.07) is 0. The topological polar surface area (TPSA) is 81.8 Å². The fourth-order valence-electron chi connectivity index (χ4n) is 2.14. The van der Waals surface area contributed by atoms with E-state index in [4.69, 9.17) is 15.2 Å². The van der Waals surface area contributed by atoms with E-state index in [0.717, 1.165) is 25.7 Å². The Kier molecular flexibility index (Phi) is 5.55. The number of carbonyl (C=O) groups is 1. The van der Waals surface area contributed by atoms with Gasteiger partial charge >= 0.3 is 6.09 Å². The number of primary amides is 1. The van der Waals surface area contributed by atoms with Crippen molar-refractivity contribution in [1.82, 2.24) is 0 Å². The second-order valence-electron chi connectivity index (χ2n) is 4.31. The van der Waals surface area contributed by atoms with E-state index in [1.54, 1.807) is 7.11 Å². The van der Waals surface area contributed by atoms with Crippen LogP contribution in [0.15, 0.2) is 0 Å². The maximum atomic E-state index is 10.7. The summed E-state index contributed by atoms with van der Waals surface area (Å²) in [7, 11) is 1.68. The summed E-state index contributed by atoms with van der Waals surface area (Å²) in [6.07, 6.45) is 3.30. The molecule has 3 N–H and O–H groups in total. The molecule has 0 bridgehead atoms. The molecule has 1 aliphatic rings. The van der Waals surface area contributed by atoms with Gasteiger partial charge in [0.1, 0.15) is 6.10 Å². The van der Waals surface area contributed by atoms with Gasteiger partial charge in [-0.2, -0.15) is 0 Å². The molecule has 0 spiro atoms. The molecule has 0 saturated heterocycles. The summed E-state index contributed by atoms with van der Waals surface area (Å²) in [6.45, 7) is 0. The van der Waals surface area contributed by atoms with E-state index >= 15 is 0 Å². The molecule has 1 aliphatic carbocycles. The Bertz CT molecular complexity index is 222. The third-order valence-electron chi connectivity index (χ3n) is 3.03.